The van der Waals surface area contributed by atoms with Gasteiger partial charge in [-0.15, -0.1) is 5.73 Å². The molecule has 152 valence electrons. The molecular weight excluding hydrogens is 356 g/mol. The van der Waals surface area contributed by atoms with Gasteiger partial charge in [0.1, 0.15) is 5.75 Å². The molecule has 2 rings (SSSR count). The fourth-order valence-electron chi connectivity index (χ4n) is 3.42. The Morgan fingerprint density at radius 1 is 1.32 bits per heavy atom. The molecule has 0 saturated heterocycles. The first-order valence-electron chi connectivity index (χ1n) is 9.82. The molecule has 3 N–H and O–H groups in total. The summed E-state index contributed by atoms with van der Waals surface area (Å²) in [5.41, 5.74) is 4.06. The van der Waals surface area contributed by atoms with Gasteiger partial charge in [0, 0.05) is 6.42 Å². The first kappa shape index (κ1) is 22.0. The molecule has 1 aromatic rings. The summed E-state index contributed by atoms with van der Waals surface area (Å²) in [6.07, 6.45) is 12.6. The molecule has 1 aliphatic rings. The number of carboxylic acids is 1. The van der Waals surface area contributed by atoms with E-state index >= 15 is 0 Å². The Kier molecular flexibility index (Phi) is 8.52. The minimum Gasteiger partial charge on any atom is -0.493 e. The van der Waals surface area contributed by atoms with E-state index in [1.807, 2.05) is 37.3 Å². The quantitative estimate of drug-likeness (QED) is 0.245. The van der Waals surface area contributed by atoms with Crippen molar-refractivity contribution in [3.63, 3.8) is 0 Å². The molecule has 1 saturated carbocycles. The molecule has 1 aromatic carbocycles. The van der Waals surface area contributed by atoms with Crippen LogP contribution in [0, 0.1) is 18.8 Å². The largest absolute Gasteiger partial charge is 0.493 e. The lowest BCUT2D eigenvalue weighted by molar-refractivity contribution is -0.201. The van der Waals surface area contributed by atoms with Crippen LogP contribution < -0.4 is 4.74 Å². The van der Waals surface area contributed by atoms with Crippen LogP contribution in [0.25, 0.3) is 0 Å². The van der Waals surface area contributed by atoms with E-state index in [-0.39, 0.29) is 6.42 Å². The number of carbonyl (C=O) groups is 1. The average molecular weight is 386 g/mol. The van der Waals surface area contributed by atoms with Crippen molar-refractivity contribution in [3.8, 4) is 5.75 Å². The van der Waals surface area contributed by atoms with Crippen molar-refractivity contribution < 1.29 is 24.9 Å². The van der Waals surface area contributed by atoms with Crippen LogP contribution >= 0.6 is 0 Å². The molecule has 5 heteroatoms. The third kappa shape index (κ3) is 7.35. The maximum absolute atomic E-state index is 10.6. The summed E-state index contributed by atoms with van der Waals surface area (Å²) in [6, 6.07) is 8.05. The molecule has 0 aliphatic heterocycles. The van der Waals surface area contributed by atoms with E-state index in [4.69, 9.17) is 9.84 Å². The summed E-state index contributed by atoms with van der Waals surface area (Å²) in [7, 11) is 0. The molecule has 0 unspecified atom stereocenters. The van der Waals surface area contributed by atoms with Gasteiger partial charge in [0.05, 0.1) is 6.61 Å². The van der Waals surface area contributed by atoms with Gasteiger partial charge in [-0.2, -0.15) is 0 Å². The van der Waals surface area contributed by atoms with E-state index in [1.165, 1.54) is 24.5 Å². The summed E-state index contributed by atoms with van der Waals surface area (Å²) in [5, 5.41) is 27.1. The molecular formula is C23H30O5. The zero-order valence-electron chi connectivity index (χ0n) is 16.4. The van der Waals surface area contributed by atoms with Crippen LogP contribution in [-0.4, -0.2) is 33.7 Å². The Bertz CT molecular complexity index is 728. The lowest BCUT2D eigenvalue weighted by atomic mass is 9.92. The zero-order chi connectivity index (χ0) is 20.4. The number of hydrogen-bond donors (Lipinski definition) is 3. The van der Waals surface area contributed by atoms with Gasteiger partial charge in [-0.25, -0.2) is 4.79 Å². The van der Waals surface area contributed by atoms with Crippen molar-refractivity contribution in [1.82, 2.24) is 0 Å². The summed E-state index contributed by atoms with van der Waals surface area (Å²) in [4.78, 5) is 10.6. The van der Waals surface area contributed by atoms with E-state index in [2.05, 4.69) is 17.9 Å². The Labute approximate surface area is 166 Å². The lowest BCUT2D eigenvalue weighted by Crippen LogP contribution is -2.37. The minimum atomic E-state index is -2.72. The van der Waals surface area contributed by atoms with Crippen molar-refractivity contribution in [2.75, 3.05) is 6.61 Å². The molecule has 1 fully saturated rings. The third-order valence-electron chi connectivity index (χ3n) is 5.03. The topological polar surface area (TPSA) is 87.0 Å². The normalized spacial score (nSPS) is 19.4. The second-order valence-corrected chi connectivity index (χ2v) is 7.37. The number of allylic oxidation sites excluding steroid dienone is 1. The third-order valence-corrected chi connectivity index (χ3v) is 5.03. The standard InChI is InChI=1S/C23H30O5/c1-18-9-7-14-21(17-18)28-16-6-4-11-20-13-8-12-19(20)10-3-2-5-15-23(26,27)22(24)25/h3-5,7,9,11,14,17,19-20,26-27H,6,8,10,12-13,15-16H2,1H3,(H,24,25)/b11-4+/t2?,19-,20-/m0/s1. The van der Waals surface area contributed by atoms with Crippen LogP contribution in [0.4, 0.5) is 0 Å². The van der Waals surface area contributed by atoms with Crippen molar-refractivity contribution in [3.05, 3.63) is 59.9 Å². The van der Waals surface area contributed by atoms with Crippen LogP contribution in [0.15, 0.2) is 54.3 Å². The number of ether oxygens (including phenoxy) is 1. The number of aliphatic carboxylic acids is 1. The highest BCUT2D eigenvalue weighted by atomic mass is 16.5. The summed E-state index contributed by atoms with van der Waals surface area (Å²) in [5.74, 6) is -2.40. The van der Waals surface area contributed by atoms with Crippen molar-refractivity contribution in [2.24, 2.45) is 11.8 Å². The van der Waals surface area contributed by atoms with Crippen molar-refractivity contribution >= 4 is 5.97 Å². The predicted molar refractivity (Wildman–Crippen MR) is 108 cm³/mol. The van der Waals surface area contributed by atoms with Crippen LogP contribution in [0.5, 0.6) is 5.75 Å². The van der Waals surface area contributed by atoms with E-state index in [9.17, 15) is 15.0 Å². The van der Waals surface area contributed by atoms with Gasteiger partial charge in [-0.05, 0) is 74.3 Å². The summed E-state index contributed by atoms with van der Waals surface area (Å²) < 4.78 is 5.76. The molecule has 0 spiro atoms. The van der Waals surface area contributed by atoms with E-state index in [0.29, 0.717) is 18.4 Å². The molecule has 28 heavy (non-hydrogen) atoms. The molecule has 2 atom stereocenters. The van der Waals surface area contributed by atoms with E-state index < -0.39 is 11.8 Å². The smallest absolute Gasteiger partial charge is 0.364 e. The molecule has 0 heterocycles. The first-order chi connectivity index (χ1) is 13.4. The van der Waals surface area contributed by atoms with Gasteiger partial charge >= 0.3 is 5.97 Å². The Morgan fingerprint density at radius 2 is 2.14 bits per heavy atom. The van der Waals surface area contributed by atoms with Gasteiger partial charge in [-0.3, -0.25) is 0 Å². The van der Waals surface area contributed by atoms with Crippen LogP contribution in [-0.2, 0) is 4.79 Å². The second-order valence-electron chi connectivity index (χ2n) is 7.37. The second kappa shape index (κ2) is 10.9. The van der Waals surface area contributed by atoms with E-state index in [1.54, 1.807) is 0 Å². The van der Waals surface area contributed by atoms with Crippen molar-refractivity contribution in [2.45, 2.75) is 51.2 Å². The lowest BCUT2D eigenvalue weighted by Gasteiger charge is -2.14. The van der Waals surface area contributed by atoms with Gasteiger partial charge in [-0.1, -0.05) is 30.7 Å². The molecule has 0 bridgehead atoms. The zero-order valence-corrected chi connectivity index (χ0v) is 16.4. The predicted octanol–water partition coefficient (Wildman–Crippen LogP) is 3.99. The molecule has 0 aromatic heterocycles. The monoisotopic (exact) mass is 386 g/mol. The number of rotatable bonds is 10. The number of aliphatic hydroxyl groups is 2. The fraction of sp³-hybridized carbons (Fsp3) is 0.478. The summed E-state index contributed by atoms with van der Waals surface area (Å²) >= 11 is 0. The van der Waals surface area contributed by atoms with E-state index in [0.717, 1.165) is 25.0 Å². The molecule has 1 aliphatic carbocycles. The number of benzene rings is 1. The maximum atomic E-state index is 10.6. The number of aryl methyl sites for hydroxylation is 1. The fourth-order valence-corrected chi connectivity index (χ4v) is 3.42. The van der Waals surface area contributed by atoms with Gasteiger partial charge in [0.2, 0.25) is 0 Å². The van der Waals surface area contributed by atoms with Crippen LogP contribution in [0.1, 0.15) is 44.1 Å². The minimum absolute atomic E-state index is 0.381. The highest BCUT2D eigenvalue weighted by molar-refractivity contribution is 5.75. The maximum Gasteiger partial charge on any atom is 0.364 e. The first-order valence-corrected chi connectivity index (χ1v) is 9.82. The van der Waals surface area contributed by atoms with Crippen molar-refractivity contribution in [1.29, 1.82) is 0 Å². The molecule has 5 nitrogen and oxygen atoms in total. The van der Waals surface area contributed by atoms with Crippen LogP contribution in [0.3, 0.4) is 0 Å². The summed E-state index contributed by atoms with van der Waals surface area (Å²) in [6.45, 7) is 2.71. The Balaban J connectivity index is 1.72. The van der Waals surface area contributed by atoms with Gasteiger partial charge < -0.3 is 20.1 Å². The highest BCUT2D eigenvalue weighted by Gasteiger charge is 2.31. The molecule has 0 radical (unpaired) electrons. The number of carboxylic acid groups (broad SMARTS) is 1. The molecule has 0 amide bonds. The number of hydrogen-bond acceptors (Lipinski definition) is 4. The Hall–Kier alpha value is -2.33. The van der Waals surface area contributed by atoms with Gasteiger partial charge in [0.15, 0.2) is 0 Å². The highest BCUT2D eigenvalue weighted by Crippen LogP contribution is 2.35. The van der Waals surface area contributed by atoms with Crippen LogP contribution in [0.2, 0.25) is 0 Å². The SMILES string of the molecule is Cc1cccc(OCC/C=C/[C@H]2CCC[C@@H]2CC=C=CCC(O)(O)C(=O)O)c1. The van der Waals surface area contributed by atoms with Gasteiger partial charge in [0.25, 0.3) is 5.79 Å². The average Bonchev–Trinajstić information content (AvgIpc) is 3.08. The Morgan fingerprint density at radius 3 is 2.89 bits per heavy atom.